The number of anilines is 1. The zero-order chi connectivity index (χ0) is 17.1. The Kier molecular flexibility index (Phi) is 4.90. The lowest BCUT2D eigenvalue weighted by Gasteiger charge is -2.33. The summed E-state index contributed by atoms with van der Waals surface area (Å²) in [4.78, 5) is 4.48. The molecule has 126 valence electrons. The van der Waals surface area contributed by atoms with Crippen LogP contribution in [0.4, 0.5) is 10.1 Å². The van der Waals surface area contributed by atoms with E-state index in [2.05, 4.69) is 10.3 Å². The van der Waals surface area contributed by atoms with Crippen molar-refractivity contribution in [1.29, 1.82) is 0 Å². The van der Waals surface area contributed by atoms with Gasteiger partial charge in [-0.15, -0.1) is 0 Å². The second-order valence-corrected chi connectivity index (χ2v) is 6.27. The minimum Gasteiger partial charge on any atom is -0.497 e. The van der Waals surface area contributed by atoms with Crippen molar-refractivity contribution in [1.82, 2.24) is 0 Å². The molecular weight excluding hydrogens is 329 g/mol. The molecule has 0 unspecified atom stereocenters. The first-order valence-electron chi connectivity index (χ1n) is 7.74. The molecule has 3 rings (SSSR count). The van der Waals surface area contributed by atoms with E-state index in [1.807, 2.05) is 24.3 Å². The van der Waals surface area contributed by atoms with Gasteiger partial charge in [-0.05, 0) is 60.7 Å². The topological polar surface area (TPSA) is 59.6 Å². The number of hydrogen-bond acceptors (Lipinski definition) is 2. The van der Waals surface area contributed by atoms with Crippen LogP contribution in [0.1, 0.15) is 24.3 Å². The predicted molar refractivity (Wildman–Crippen MR) is 95.4 cm³/mol. The van der Waals surface area contributed by atoms with Crippen LogP contribution < -0.4 is 15.8 Å². The lowest BCUT2D eigenvalue weighted by Crippen LogP contribution is -2.31. The standard InChI is InChI=1S/C18H19ClFN3O/c1-24-15-5-3-13(4-6-15)22-18(21)23-14-8-12(9-14)11-2-7-17(20)16(19)10-11/h2-7,10,12,14H,8-9H2,1H3,(H3,21,22,23). The number of benzene rings is 2. The van der Waals surface area contributed by atoms with E-state index in [9.17, 15) is 4.39 Å². The van der Waals surface area contributed by atoms with Gasteiger partial charge < -0.3 is 15.8 Å². The van der Waals surface area contributed by atoms with Crippen LogP contribution in [-0.2, 0) is 0 Å². The number of nitrogens with one attached hydrogen (secondary N) is 1. The molecule has 0 spiro atoms. The maximum absolute atomic E-state index is 13.2. The number of nitrogens with zero attached hydrogens (tertiary/aromatic N) is 1. The summed E-state index contributed by atoms with van der Waals surface area (Å²) in [6, 6.07) is 12.5. The zero-order valence-corrected chi connectivity index (χ0v) is 14.1. The monoisotopic (exact) mass is 347 g/mol. The molecule has 0 bridgehead atoms. The Morgan fingerprint density at radius 1 is 1.25 bits per heavy atom. The number of hydrogen-bond donors (Lipinski definition) is 2. The van der Waals surface area contributed by atoms with Crippen molar-refractivity contribution in [3.05, 3.63) is 58.9 Å². The molecule has 0 heterocycles. The molecular formula is C18H19ClFN3O. The van der Waals surface area contributed by atoms with Crippen LogP contribution in [0.15, 0.2) is 47.5 Å². The maximum Gasteiger partial charge on any atom is 0.193 e. The van der Waals surface area contributed by atoms with Gasteiger partial charge in [0.1, 0.15) is 11.6 Å². The average molecular weight is 348 g/mol. The number of methoxy groups -OCH3 is 1. The van der Waals surface area contributed by atoms with Crippen molar-refractivity contribution < 1.29 is 9.13 Å². The van der Waals surface area contributed by atoms with Crippen LogP contribution in [0, 0.1) is 5.82 Å². The van der Waals surface area contributed by atoms with Gasteiger partial charge in [0.15, 0.2) is 5.96 Å². The summed E-state index contributed by atoms with van der Waals surface area (Å²) in [6.07, 6.45) is 1.76. The summed E-state index contributed by atoms with van der Waals surface area (Å²) in [7, 11) is 1.62. The number of rotatable bonds is 4. The summed E-state index contributed by atoms with van der Waals surface area (Å²) in [5.74, 6) is 1.14. The van der Waals surface area contributed by atoms with E-state index in [0.29, 0.717) is 11.9 Å². The fourth-order valence-corrected chi connectivity index (χ4v) is 2.97. The second kappa shape index (κ2) is 7.09. The van der Waals surface area contributed by atoms with Crippen molar-refractivity contribution in [3.63, 3.8) is 0 Å². The van der Waals surface area contributed by atoms with Gasteiger partial charge in [0, 0.05) is 5.69 Å². The molecule has 1 aliphatic rings. The number of guanidine groups is 1. The summed E-state index contributed by atoms with van der Waals surface area (Å²) in [5, 5.41) is 3.23. The lowest BCUT2D eigenvalue weighted by atomic mass is 9.76. The first-order chi connectivity index (χ1) is 11.5. The van der Waals surface area contributed by atoms with Crippen molar-refractivity contribution in [2.24, 2.45) is 10.7 Å². The van der Waals surface area contributed by atoms with Crippen molar-refractivity contribution >= 4 is 23.2 Å². The van der Waals surface area contributed by atoms with Gasteiger partial charge >= 0.3 is 0 Å². The van der Waals surface area contributed by atoms with E-state index >= 15 is 0 Å². The Labute approximate surface area is 145 Å². The normalized spacial score (nSPS) is 20.4. The molecule has 1 saturated carbocycles. The second-order valence-electron chi connectivity index (χ2n) is 5.86. The van der Waals surface area contributed by atoms with Gasteiger partial charge in [-0.1, -0.05) is 17.7 Å². The van der Waals surface area contributed by atoms with E-state index in [-0.39, 0.29) is 16.9 Å². The third-order valence-electron chi connectivity index (χ3n) is 4.21. The molecule has 0 atom stereocenters. The number of nitrogens with two attached hydrogens (primary N) is 1. The van der Waals surface area contributed by atoms with Gasteiger partial charge in [0.05, 0.1) is 18.2 Å². The highest BCUT2D eigenvalue weighted by Crippen LogP contribution is 2.39. The van der Waals surface area contributed by atoms with E-state index in [0.717, 1.165) is 29.8 Å². The molecule has 6 heteroatoms. The molecule has 0 amide bonds. The van der Waals surface area contributed by atoms with Crippen molar-refractivity contribution in [3.8, 4) is 5.75 Å². The molecule has 1 fully saturated rings. The minimum atomic E-state index is -0.387. The van der Waals surface area contributed by atoms with Crippen LogP contribution >= 0.6 is 11.6 Å². The maximum atomic E-state index is 13.2. The molecule has 0 saturated heterocycles. The number of ether oxygens (including phenoxy) is 1. The third-order valence-corrected chi connectivity index (χ3v) is 4.50. The Balaban J connectivity index is 1.55. The van der Waals surface area contributed by atoms with Gasteiger partial charge in [-0.2, -0.15) is 0 Å². The zero-order valence-electron chi connectivity index (χ0n) is 13.3. The highest BCUT2D eigenvalue weighted by Gasteiger charge is 2.30. The predicted octanol–water partition coefficient (Wildman–Crippen LogP) is 4.16. The van der Waals surface area contributed by atoms with Gasteiger partial charge in [0.25, 0.3) is 0 Å². The van der Waals surface area contributed by atoms with E-state index in [1.165, 1.54) is 6.07 Å². The van der Waals surface area contributed by atoms with Crippen LogP contribution in [0.25, 0.3) is 0 Å². The fourth-order valence-electron chi connectivity index (χ4n) is 2.78. The molecule has 2 aromatic carbocycles. The summed E-state index contributed by atoms with van der Waals surface area (Å²) in [6.45, 7) is 0. The van der Waals surface area contributed by atoms with Gasteiger partial charge in [0.2, 0.25) is 0 Å². The quantitative estimate of drug-likeness (QED) is 0.645. The smallest absolute Gasteiger partial charge is 0.193 e. The van der Waals surface area contributed by atoms with Crippen LogP contribution in [0.3, 0.4) is 0 Å². The largest absolute Gasteiger partial charge is 0.497 e. The Bertz CT molecular complexity index is 742. The Morgan fingerprint density at radius 2 is 1.96 bits per heavy atom. The number of halogens is 2. The molecule has 0 radical (unpaired) electrons. The molecule has 0 aliphatic heterocycles. The van der Waals surface area contributed by atoms with Crippen molar-refractivity contribution in [2.45, 2.75) is 24.8 Å². The molecule has 3 N–H and O–H groups in total. The molecule has 24 heavy (non-hydrogen) atoms. The average Bonchev–Trinajstić information content (AvgIpc) is 2.54. The van der Waals surface area contributed by atoms with E-state index in [4.69, 9.17) is 22.1 Å². The fraction of sp³-hybridized carbons (Fsp3) is 0.278. The summed E-state index contributed by atoms with van der Waals surface area (Å²) >= 11 is 5.83. The Hall–Kier alpha value is -2.27. The molecule has 2 aromatic rings. The van der Waals surface area contributed by atoms with Crippen LogP contribution in [-0.4, -0.2) is 19.1 Å². The SMILES string of the molecule is COc1ccc(NC(N)=NC2CC(c3ccc(F)c(Cl)c3)C2)cc1. The Morgan fingerprint density at radius 3 is 2.58 bits per heavy atom. The van der Waals surface area contributed by atoms with Gasteiger partial charge in [-0.25, -0.2) is 9.38 Å². The first-order valence-corrected chi connectivity index (χ1v) is 8.12. The lowest BCUT2D eigenvalue weighted by molar-refractivity contribution is 0.353. The van der Waals surface area contributed by atoms with E-state index < -0.39 is 0 Å². The first kappa shape index (κ1) is 16.6. The van der Waals surface area contributed by atoms with Crippen molar-refractivity contribution in [2.75, 3.05) is 12.4 Å². The summed E-state index contributed by atoms with van der Waals surface area (Å²) in [5.41, 5.74) is 7.86. The highest BCUT2D eigenvalue weighted by molar-refractivity contribution is 6.30. The minimum absolute atomic E-state index is 0.167. The molecule has 4 nitrogen and oxygen atoms in total. The van der Waals surface area contributed by atoms with Crippen LogP contribution in [0.2, 0.25) is 5.02 Å². The molecule has 1 aliphatic carbocycles. The molecule has 0 aromatic heterocycles. The summed E-state index contributed by atoms with van der Waals surface area (Å²) < 4.78 is 18.3. The third kappa shape index (κ3) is 3.79. The number of aliphatic imine (C=N–C) groups is 1. The van der Waals surface area contributed by atoms with Gasteiger partial charge in [-0.3, -0.25) is 0 Å². The highest BCUT2D eigenvalue weighted by atomic mass is 35.5. The van der Waals surface area contributed by atoms with Crippen LogP contribution in [0.5, 0.6) is 5.75 Å². The van der Waals surface area contributed by atoms with E-state index in [1.54, 1.807) is 19.2 Å².